The van der Waals surface area contributed by atoms with Crippen LogP contribution in [0.4, 0.5) is 0 Å². The fourth-order valence-corrected chi connectivity index (χ4v) is 2.70. The van der Waals surface area contributed by atoms with E-state index < -0.39 is 8.25 Å². The molecule has 0 radical (unpaired) electrons. The number of fused-ring (bicyclic) bond motifs is 2. The first kappa shape index (κ1) is 10.4. The fourth-order valence-electron chi connectivity index (χ4n) is 1.90. The molecule has 0 atom stereocenters. The number of para-hydroxylation sites is 2. The van der Waals surface area contributed by atoms with Crippen LogP contribution in [0.5, 0.6) is 11.5 Å². The Balaban J connectivity index is 2.12. The zero-order chi connectivity index (χ0) is 11.7. The lowest BCUT2D eigenvalue weighted by Crippen LogP contribution is -2.00. The number of hydrogen-bond acceptors (Lipinski definition) is 3. The van der Waals surface area contributed by atoms with E-state index in [0.717, 1.165) is 17.5 Å². The van der Waals surface area contributed by atoms with Gasteiger partial charge in [0.1, 0.15) is 11.5 Å². The molecule has 2 aromatic carbocycles. The van der Waals surface area contributed by atoms with Gasteiger partial charge in [0.25, 0.3) is 0 Å². The molecule has 0 N–H and O–H groups in total. The lowest BCUT2D eigenvalue weighted by Gasteiger charge is -2.17. The summed E-state index contributed by atoms with van der Waals surface area (Å²) >= 11 is 0. The molecule has 0 saturated carbocycles. The maximum atomic E-state index is 11.7. The highest BCUT2D eigenvalue weighted by Gasteiger charge is 2.15. The maximum Gasteiger partial charge on any atom is 0.418 e. The lowest BCUT2D eigenvalue weighted by molar-refractivity contribution is 0.408. The van der Waals surface area contributed by atoms with Crippen molar-refractivity contribution in [1.82, 2.24) is 0 Å². The van der Waals surface area contributed by atoms with Crippen molar-refractivity contribution in [3.63, 3.8) is 0 Å². The molecule has 3 rings (SSSR count). The van der Waals surface area contributed by atoms with Crippen LogP contribution in [0.2, 0.25) is 0 Å². The third-order valence-corrected chi connectivity index (χ3v) is 3.49. The standard InChI is InChI=1S/C13H11O3P/c14-17-15-12-7-3-1-5-10(12)9-11-6-2-4-8-13(11)16-17/h1-8,17H,9H2. The third-order valence-electron chi connectivity index (χ3n) is 2.71. The average Bonchev–Trinajstić information content (AvgIpc) is 2.31. The zero-order valence-electron chi connectivity index (χ0n) is 9.05. The molecule has 0 aliphatic carbocycles. The molecule has 1 aliphatic heterocycles. The molecular formula is C13H11O3P. The molecule has 2 aromatic rings. The summed E-state index contributed by atoms with van der Waals surface area (Å²) < 4.78 is 22.3. The van der Waals surface area contributed by atoms with E-state index in [1.165, 1.54) is 0 Å². The topological polar surface area (TPSA) is 35.5 Å². The maximum absolute atomic E-state index is 11.7. The van der Waals surface area contributed by atoms with Crippen LogP contribution in [0.25, 0.3) is 0 Å². The Morgan fingerprint density at radius 2 is 1.29 bits per heavy atom. The molecule has 0 unspecified atom stereocenters. The zero-order valence-corrected chi connectivity index (χ0v) is 10.1. The molecule has 4 heteroatoms. The molecule has 86 valence electrons. The highest BCUT2D eigenvalue weighted by molar-refractivity contribution is 7.34. The predicted octanol–water partition coefficient (Wildman–Crippen LogP) is 3.44. The minimum Gasteiger partial charge on any atom is -0.418 e. The Morgan fingerprint density at radius 3 is 1.82 bits per heavy atom. The van der Waals surface area contributed by atoms with Crippen molar-refractivity contribution in [2.75, 3.05) is 0 Å². The third kappa shape index (κ3) is 2.06. The Hall–Kier alpha value is -1.73. The molecule has 0 amide bonds. The van der Waals surface area contributed by atoms with Gasteiger partial charge in [-0.2, -0.15) is 0 Å². The molecule has 1 heterocycles. The van der Waals surface area contributed by atoms with Crippen LogP contribution in [0, 0.1) is 0 Å². The van der Waals surface area contributed by atoms with Gasteiger partial charge in [0.2, 0.25) is 0 Å². The first-order valence-electron chi connectivity index (χ1n) is 5.38. The van der Waals surface area contributed by atoms with Gasteiger partial charge in [0.15, 0.2) is 0 Å². The van der Waals surface area contributed by atoms with E-state index in [0.29, 0.717) is 11.5 Å². The molecule has 0 saturated heterocycles. The van der Waals surface area contributed by atoms with E-state index in [2.05, 4.69) is 0 Å². The second-order valence-electron chi connectivity index (χ2n) is 3.85. The number of rotatable bonds is 0. The van der Waals surface area contributed by atoms with Gasteiger partial charge in [0, 0.05) is 6.42 Å². The number of benzene rings is 2. The van der Waals surface area contributed by atoms with Crippen LogP contribution in [-0.4, -0.2) is 0 Å². The largest absolute Gasteiger partial charge is 0.418 e. The van der Waals surface area contributed by atoms with Crippen molar-refractivity contribution in [3.8, 4) is 11.5 Å². The van der Waals surface area contributed by atoms with Gasteiger partial charge in [0.05, 0.1) is 0 Å². The Labute approximate surface area is 100.0 Å². The normalized spacial score (nSPS) is 14.6. The van der Waals surface area contributed by atoms with E-state index in [-0.39, 0.29) is 0 Å². The molecule has 3 nitrogen and oxygen atoms in total. The van der Waals surface area contributed by atoms with E-state index >= 15 is 0 Å². The smallest absolute Gasteiger partial charge is 0.418 e. The summed E-state index contributed by atoms with van der Waals surface area (Å²) in [6, 6.07) is 15.2. The van der Waals surface area contributed by atoms with Crippen LogP contribution >= 0.6 is 8.25 Å². The summed E-state index contributed by atoms with van der Waals surface area (Å²) in [6.45, 7) is 0. The predicted molar refractivity (Wildman–Crippen MR) is 65.9 cm³/mol. The monoisotopic (exact) mass is 246 g/mol. The van der Waals surface area contributed by atoms with Crippen molar-refractivity contribution in [3.05, 3.63) is 59.7 Å². The summed E-state index contributed by atoms with van der Waals surface area (Å²) in [5.41, 5.74) is 2.06. The number of hydrogen-bond donors (Lipinski definition) is 0. The molecular weight excluding hydrogens is 235 g/mol. The van der Waals surface area contributed by atoms with Crippen LogP contribution in [0.15, 0.2) is 48.5 Å². The molecule has 0 bridgehead atoms. The van der Waals surface area contributed by atoms with Gasteiger partial charge in [-0.3, -0.25) is 0 Å². The Morgan fingerprint density at radius 1 is 0.824 bits per heavy atom. The Kier molecular flexibility index (Phi) is 2.62. The van der Waals surface area contributed by atoms with Gasteiger partial charge in [-0.05, 0) is 23.3 Å². The van der Waals surface area contributed by atoms with Crippen molar-refractivity contribution < 1.29 is 13.6 Å². The molecule has 1 aliphatic rings. The SMILES string of the molecule is O=[PH]1Oc2ccccc2Cc2ccccc2O1. The van der Waals surface area contributed by atoms with Crippen molar-refractivity contribution in [1.29, 1.82) is 0 Å². The van der Waals surface area contributed by atoms with Crippen LogP contribution in [0.1, 0.15) is 11.1 Å². The van der Waals surface area contributed by atoms with Crippen molar-refractivity contribution in [2.24, 2.45) is 0 Å². The van der Waals surface area contributed by atoms with Gasteiger partial charge in [-0.15, -0.1) is 0 Å². The average molecular weight is 246 g/mol. The molecule has 0 fully saturated rings. The second kappa shape index (κ2) is 4.27. The summed E-state index contributed by atoms with van der Waals surface area (Å²) in [7, 11) is -2.53. The van der Waals surface area contributed by atoms with Crippen LogP contribution in [-0.2, 0) is 11.0 Å². The first-order valence-corrected chi connectivity index (χ1v) is 6.61. The van der Waals surface area contributed by atoms with E-state index in [1.54, 1.807) is 0 Å². The van der Waals surface area contributed by atoms with Gasteiger partial charge < -0.3 is 9.05 Å². The highest BCUT2D eigenvalue weighted by Crippen LogP contribution is 2.38. The second-order valence-corrected chi connectivity index (χ2v) is 4.75. The molecule has 0 spiro atoms. The van der Waals surface area contributed by atoms with E-state index in [9.17, 15) is 4.57 Å². The van der Waals surface area contributed by atoms with Gasteiger partial charge in [-0.1, -0.05) is 36.4 Å². The Bertz CT molecular complexity index is 531. The lowest BCUT2D eigenvalue weighted by atomic mass is 10.0. The summed E-state index contributed by atoms with van der Waals surface area (Å²) in [4.78, 5) is 0. The fraction of sp³-hybridized carbons (Fsp3) is 0.0769. The van der Waals surface area contributed by atoms with Crippen molar-refractivity contribution in [2.45, 2.75) is 6.42 Å². The minimum absolute atomic E-state index is 0.644. The van der Waals surface area contributed by atoms with Crippen molar-refractivity contribution >= 4 is 8.25 Å². The first-order chi connectivity index (χ1) is 8.33. The van der Waals surface area contributed by atoms with Gasteiger partial charge >= 0.3 is 8.25 Å². The van der Waals surface area contributed by atoms with Crippen LogP contribution < -0.4 is 9.05 Å². The van der Waals surface area contributed by atoms with E-state index in [4.69, 9.17) is 9.05 Å². The summed E-state index contributed by atoms with van der Waals surface area (Å²) in [5, 5.41) is 0. The summed E-state index contributed by atoms with van der Waals surface area (Å²) in [5.74, 6) is 1.29. The quantitative estimate of drug-likeness (QED) is 0.668. The highest BCUT2D eigenvalue weighted by atomic mass is 31.1. The van der Waals surface area contributed by atoms with E-state index in [1.807, 2.05) is 48.5 Å². The molecule has 17 heavy (non-hydrogen) atoms. The van der Waals surface area contributed by atoms with Gasteiger partial charge in [-0.25, -0.2) is 4.57 Å². The van der Waals surface area contributed by atoms with Crippen LogP contribution in [0.3, 0.4) is 0 Å². The molecule has 0 aromatic heterocycles. The minimum atomic E-state index is -2.53. The summed E-state index contributed by atoms with van der Waals surface area (Å²) in [6.07, 6.45) is 0.724.